The minimum atomic E-state index is -0.544. The summed E-state index contributed by atoms with van der Waals surface area (Å²) in [4.78, 5) is 14.7. The van der Waals surface area contributed by atoms with Gasteiger partial charge >= 0.3 is 0 Å². The molecule has 3 rings (SSSR count). The lowest BCUT2D eigenvalue weighted by molar-refractivity contribution is 0.255. The van der Waals surface area contributed by atoms with Crippen molar-refractivity contribution >= 4 is 28.7 Å². The molecule has 1 fully saturated rings. The molecule has 5 heteroatoms. The van der Waals surface area contributed by atoms with Crippen LogP contribution >= 0.6 is 11.6 Å². The lowest BCUT2D eigenvalue weighted by Gasteiger charge is -2.37. The van der Waals surface area contributed by atoms with Crippen LogP contribution in [0.1, 0.15) is 24.8 Å². The topological polar surface area (TPSA) is 51.8 Å². The Hall–Kier alpha value is -1.77. The van der Waals surface area contributed by atoms with Crippen LogP contribution in [0.4, 0.5) is 0 Å². The van der Waals surface area contributed by atoms with E-state index in [1.165, 1.54) is 0 Å². The van der Waals surface area contributed by atoms with Gasteiger partial charge in [-0.2, -0.15) is 4.99 Å². The van der Waals surface area contributed by atoms with E-state index in [1.807, 2.05) is 6.07 Å². The summed E-state index contributed by atoms with van der Waals surface area (Å²) in [5.41, 5.74) is 0.882. The van der Waals surface area contributed by atoms with E-state index < -0.39 is 5.54 Å². The first-order valence-corrected chi connectivity index (χ1v) is 6.43. The van der Waals surface area contributed by atoms with Crippen molar-refractivity contribution in [3.63, 3.8) is 0 Å². The van der Waals surface area contributed by atoms with E-state index in [4.69, 9.17) is 20.8 Å². The third kappa shape index (κ3) is 1.68. The molecule has 0 atom stereocenters. The Bertz CT molecular complexity index is 681. The van der Waals surface area contributed by atoms with Gasteiger partial charge in [-0.25, -0.2) is 4.79 Å². The molecule has 0 radical (unpaired) electrons. The number of methoxy groups -OCH3 is 1. The maximum atomic E-state index is 10.7. The molecule has 0 unspecified atom stereocenters. The van der Waals surface area contributed by atoms with Gasteiger partial charge in [0, 0.05) is 10.9 Å². The van der Waals surface area contributed by atoms with Gasteiger partial charge < -0.3 is 9.15 Å². The van der Waals surface area contributed by atoms with Crippen molar-refractivity contribution in [3.05, 3.63) is 29.0 Å². The fourth-order valence-electron chi connectivity index (χ4n) is 2.61. The number of fused-ring (bicyclic) bond motifs is 1. The molecule has 1 aliphatic rings. The third-order valence-electron chi connectivity index (χ3n) is 3.80. The molecular weight excluding hydrogens is 266 g/mol. The van der Waals surface area contributed by atoms with Crippen molar-refractivity contribution in [2.24, 2.45) is 4.99 Å². The molecule has 0 bridgehead atoms. The van der Waals surface area contributed by atoms with Gasteiger partial charge in [0.2, 0.25) is 6.08 Å². The summed E-state index contributed by atoms with van der Waals surface area (Å²) in [6, 6.07) is 3.61. The predicted octanol–water partition coefficient (Wildman–Crippen LogP) is 3.81. The predicted molar refractivity (Wildman–Crippen MR) is 71.4 cm³/mol. The first kappa shape index (κ1) is 12.3. The molecule has 1 aliphatic carbocycles. The second kappa shape index (κ2) is 4.41. The minimum Gasteiger partial charge on any atom is -0.493 e. The number of carbonyl (C=O) groups excluding carboxylic acids is 1. The molecule has 0 N–H and O–H groups in total. The van der Waals surface area contributed by atoms with Gasteiger partial charge in [-0.15, -0.1) is 0 Å². The molecule has 1 saturated carbocycles. The number of ether oxygens (including phenoxy) is 1. The number of rotatable bonds is 3. The van der Waals surface area contributed by atoms with Gasteiger partial charge in [-0.3, -0.25) is 0 Å². The van der Waals surface area contributed by atoms with E-state index >= 15 is 0 Å². The summed E-state index contributed by atoms with van der Waals surface area (Å²) in [7, 11) is 1.57. The van der Waals surface area contributed by atoms with E-state index in [-0.39, 0.29) is 0 Å². The molecule has 4 nitrogen and oxygen atoms in total. The first-order chi connectivity index (χ1) is 9.22. The quantitative estimate of drug-likeness (QED) is 0.633. The van der Waals surface area contributed by atoms with Crippen LogP contribution in [-0.4, -0.2) is 13.2 Å². The van der Waals surface area contributed by atoms with Gasteiger partial charge in [0.05, 0.1) is 23.9 Å². The van der Waals surface area contributed by atoms with E-state index in [0.29, 0.717) is 16.4 Å². The zero-order valence-corrected chi connectivity index (χ0v) is 11.2. The third-order valence-corrected chi connectivity index (χ3v) is 4.21. The fraction of sp³-hybridized carbons (Fsp3) is 0.357. The highest BCUT2D eigenvalue weighted by Gasteiger charge is 2.41. The number of furan rings is 1. The highest BCUT2D eigenvalue weighted by molar-refractivity contribution is 6.36. The van der Waals surface area contributed by atoms with Crippen LogP contribution in [-0.2, 0) is 10.3 Å². The number of isocyanates is 1. The Balaban J connectivity index is 2.29. The van der Waals surface area contributed by atoms with E-state index in [9.17, 15) is 4.79 Å². The Kier molecular flexibility index (Phi) is 2.85. The number of hydrogen-bond donors (Lipinski definition) is 0. The average molecular weight is 278 g/mol. The van der Waals surface area contributed by atoms with Crippen molar-refractivity contribution in [2.75, 3.05) is 7.11 Å². The van der Waals surface area contributed by atoms with Crippen LogP contribution in [0.2, 0.25) is 5.02 Å². The largest absolute Gasteiger partial charge is 0.493 e. The van der Waals surface area contributed by atoms with Crippen LogP contribution < -0.4 is 4.74 Å². The van der Waals surface area contributed by atoms with E-state index in [2.05, 4.69) is 4.99 Å². The smallest absolute Gasteiger partial charge is 0.235 e. The summed E-state index contributed by atoms with van der Waals surface area (Å²) in [5, 5.41) is 1.35. The summed E-state index contributed by atoms with van der Waals surface area (Å²) in [5.74, 6) is 0.603. The Morgan fingerprint density at radius 2 is 2.32 bits per heavy atom. The van der Waals surface area contributed by atoms with Gasteiger partial charge in [0.1, 0.15) is 0 Å². The Labute approximate surface area is 115 Å². The summed E-state index contributed by atoms with van der Waals surface area (Å²) < 4.78 is 10.7. The highest BCUT2D eigenvalue weighted by atomic mass is 35.5. The van der Waals surface area contributed by atoms with Crippen LogP contribution in [0.3, 0.4) is 0 Å². The lowest BCUT2D eigenvalue weighted by Crippen LogP contribution is -2.32. The van der Waals surface area contributed by atoms with Crippen LogP contribution in [0, 0.1) is 0 Å². The van der Waals surface area contributed by atoms with Crippen LogP contribution in [0.15, 0.2) is 27.8 Å². The molecule has 1 aromatic carbocycles. The standard InChI is InChI=1S/C14H12ClNO3/c1-18-11-7-10(14(16-8-17)4-2-5-14)12(15)9-3-6-19-13(9)11/h3,6-7H,2,4-5H2,1H3. The second-order valence-corrected chi connectivity index (χ2v) is 5.07. The van der Waals surface area contributed by atoms with Crippen molar-refractivity contribution in [1.82, 2.24) is 0 Å². The molecule has 0 amide bonds. The second-order valence-electron chi connectivity index (χ2n) is 4.69. The lowest BCUT2D eigenvalue weighted by atomic mass is 9.72. The number of benzene rings is 1. The Morgan fingerprint density at radius 3 is 2.89 bits per heavy atom. The van der Waals surface area contributed by atoms with Crippen molar-refractivity contribution in [1.29, 1.82) is 0 Å². The van der Waals surface area contributed by atoms with E-state index in [0.717, 1.165) is 30.2 Å². The zero-order chi connectivity index (χ0) is 13.5. The SMILES string of the molecule is COc1cc(C2(N=C=O)CCC2)c(Cl)c2ccoc12. The molecule has 0 saturated heterocycles. The molecule has 1 heterocycles. The highest BCUT2D eigenvalue weighted by Crippen LogP contribution is 2.50. The van der Waals surface area contributed by atoms with Crippen molar-refractivity contribution in [3.8, 4) is 5.75 Å². The van der Waals surface area contributed by atoms with Crippen molar-refractivity contribution in [2.45, 2.75) is 24.8 Å². The normalized spacial score (nSPS) is 16.7. The van der Waals surface area contributed by atoms with E-state index in [1.54, 1.807) is 25.5 Å². The molecule has 0 spiro atoms. The van der Waals surface area contributed by atoms with Crippen LogP contribution in [0.25, 0.3) is 11.0 Å². The number of nitrogens with zero attached hydrogens (tertiary/aromatic N) is 1. The minimum absolute atomic E-state index is 0.544. The van der Waals surface area contributed by atoms with Gasteiger partial charge in [-0.05, 0) is 31.4 Å². The summed E-state index contributed by atoms with van der Waals surface area (Å²) in [6.07, 6.45) is 5.86. The summed E-state index contributed by atoms with van der Waals surface area (Å²) in [6.45, 7) is 0. The summed E-state index contributed by atoms with van der Waals surface area (Å²) >= 11 is 6.44. The fourth-order valence-corrected chi connectivity index (χ4v) is 2.99. The van der Waals surface area contributed by atoms with Crippen molar-refractivity contribution < 1.29 is 13.9 Å². The first-order valence-electron chi connectivity index (χ1n) is 6.05. The molecular formula is C14H12ClNO3. The molecule has 98 valence electrons. The maximum absolute atomic E-state index is 10.7. The number of halogens is 1. The Morgan fingerprint density at radius 1 is 1.53 bits per heavy atom. The average Bonchev–Trinajstić information content (AvgIpc) is 2.85. The molecule has 19 heavy (non-hydrogen) atoms. The maximum Gasteiger partial charge on any atom is 0.235 e. The van der Waals surface area contributed by atoms with Gasteiger partial charge in [-0.1, -0.05) is 11.6 Å². The monoisotopic (exact) mass is 277 g/mol. The number of aliphatic imine (C=N–C) groups is 1. The van der Waals surface area contributed by atoms with Gasteiger partial charge in [0.15, 0.2) is 11.3 Å². The molecule has 0 aliphatic heterocycles. The molecule has 2 aromatic rings. The number of hydrogen-bond acceptors (Lipinski definition) is 4. The molecule has 1 aromatic heterocycles. The zero-order valence-electron chi connectivity index (χ0n) is 10.4. The van der Waals surface area contributed by atoms with Gasteiger partial charge in [0.25, 0.3) is 0 Å². The van der Waals surface area contributed by atoms with Crippen LogP contribution in [0.5, 0.6) is 5.75 Å².